The summed E-state index contributed by atoms with van der Waals surface area (Å²) in [4.78, 5) is 7.62. The smallest absolute Gasteiger partial charge is 0.191 e. The molecule has 24 heavy (non-hydrogen) atoms. The molecule has 0 aliphatic heterocycles. The van der Waals surface area contributed by atoms with Crippen molar-refractivity contribution in [2.75, 3.05) is 7.05 Å². The number of hydrogen-bond donors (Lipinski definition) is 3. The highest BCUT2D eigenvalue weighted by Crippen LogP contribution is 2.24. The van der Waals surface area contributed by atoms with Gasteiger partial charge < -0.3 is 20.2 Å². The van der Waals surface area contributed by atoms with Gasteiger partial charge in [0.25, 0.3) is 0 Å². The van der Waals surface area contributed by atoms with Crippen LogP contribution in [0.5, 0.6) is 0 Å². The Labute approximate surface area is 150 Å². The number of fused-ring (bicyclic) bond motifs is 1. The molecule has 0 saturated carbocycles. The molecule has 3 rings (SSSR count). The lowest BCUT2D eigenvalue weighted by Crippen LogP contribution is -2.36. The molecule has 0 saturated heterocycles. The molecule has 0 amide bonds. The number of H-pyrrole nitrogens is 1. The van der Waals surface area contributed by atoms with Gasteiger partial charge in [0.1, 0.15) is 5.15 Å². The second kappa shape index (κ2) is 7.20. The molecule has 0 spiro atoms. The van der Waals surface area contributed by atoms with Gasteiger partial charge in [-0.2, -0.15) is 0 Å². The van der Waals surface area contributed by atoms with Crippen LogP contribution < -0.4 is 10.6 Å². The summed E-state index contributed by atoms with van der Waals surface area (Å²) in [5.74, 6) is 0.710. The summed E-state index contributed by atoms with van der Waals surface area (Å²) >= 11 is 12.1. The van der Waals surface area contributed by atoms with Gasteiger partial charge in [0.2, 0.25) is 0 Å². The van der Waals surface area contributed by atoms with Crippen molar-refractivity contribution in [3.05, 3.63) is 58.0 Å². The monoisotopic (exact) mass is 363 g/mol. The lowest BCUT2D eigenvalue weighted by Gasteiger charge is -2.12. The number of nitrogens with one attached hydrogen (secondary N) is 3. The predicted octanol–water partition coefficient (Wildman–Crippen LogP) is 3.68. The summed E-state index contributed by atoms with van der Waals surface area (Å²) < 4.78 is 1.85. The fourth-order valence-corrected chi connectivity index (χ4v) is 2.98. The van der Waals surface area contributed by atoms with Gasteiger partial charge in [-0.1, -0.05) is 41.4 Å². The standard InChI is InChI=1S/C17H19Cl2N5/c1-20-17(22-10-13-8-14(18)16(19)24(13)2)21-9-12-7-11-5-3-4-6-15(11)23-12/h3-8,23H,9-10H2,1-2H3,(H2,20,21,22). The molecule has 0 atom stereocenters. The van der Waals surface area contributed by atoms with Crippen LogP contribution in [0, 0.1) is 0 Å². The number of aliphatic imine (C=N–C) groups is 1. The van der Waals surface area contributed by atoms with Crippen LogP contribution in [0.2, 0.25) is 10.2 Å². The molecule has 0 bridgehead atoms. The summed E-state index contributed by atoms with van der Waals surface area (Å²) in [6, 6.07) is 12.2. The van der Waals surface area contributed by atoms with E-state index in [1.54, 1.807) is 7.05 Å². The SMILES string of the molecule is CN=C(NCc1cc2ccccc2[nH]1)NCc1cc(Cl)c(Cl)n1C. The van der Waals surface area contributed by atoms with Gasteiger partial charge in [-0.25, -0.2) is 0 Å². The number of aromatic amines is 1. The fraction of sp³-hybridized carbons (Fsp3) is 0.235. The number of nitrogens with zero attached hydrogens (tertiary/aromatic N) is 2. The number of benzene rings is 1. The Morgan fingerprint density at radius 2 is 1.92 bits per heavy atom. The van der Waals surface area contributed by atoms with Crippen molar-refractivity contribution in [3.8, 4) is 0 Å². The maximum absolute atomic E-state index is 6.08. The van der Waals surface area contributed by atoms with Gasteiger partial charge in [0.05, 0.1) is 18.1 Å². The normalized spacial score (nSPS) is 11.9. The number of guanidine groups is 1. The van der Waals surface area contributed by atoms with E-state index in [2.05, 4.69) is 38.8 Å². The average molecular weight is 364 g/mol. The molecule has 0 unspecified atom stereocenters. The highest BCUT2D eigenvalue weighted by Gasteiger charge is 2.09. The maximum atomic E-state index is 6.08. The van der Waals surface area contributed by atoms with Crippen molar-refractivity contribution in [2.45, 2.75) is 13.1 Å². The minimum Gasteiger partial charge on any atom is -0.357 e. The predicted molar refractivity (Wildman–Crippen MR) is 101 cm³/mol. The Balaban J connectivity index is 1.59. The van der Waals surface area contributed by atoms with E-state index < -0.39 is 0 Å². The van der Waals surface area contributed by atoms with Gasteiger partial charge in [-0.3, -0.25) is 4.99 Å². The van der Waals surface area contributed by atoms with Crippen LogP contribution in [-0.4, -0.2) is 22.6 Å². The third-order valence-electron chi connectivity index (χ3n) is 3.91. The number of para-hydroxylation sites is 1. The van der Waals surface area contributed by atoms with E-state index in [0.717, 1.165) is 16.9 Å². The summed E-state index contributed by atoms with van der Waals surface area (Å²) in [7, 11) is 3.62. The summed E-state index contributed by atoms with van der Waals surface area (Å²) in [5, 5.41) is 8.84. The van der Waals surface area contributed by atoms with E-state index in [9.17, 15) is 0 Å². The Morgan fingerprint density at radius 3 is 2.58 bits per heavy atom. The Morgan fingerprint density at radius 1 is 1.17 bits per heavy atom. The van der Waals surface area contributed by atoms with E-state index in [4.69, 9.17) is 23.2 Å². The lowest BCUT2D eigenvalue weighted by atomic mass is 10.2. The Bertz CT molecular complexity index is 845. The first-order chi connectivity index (χ1) is 11.6. The molecule has 2 heterocycles. The molecule has 7 heteroatoms. The summed E-state index contributed by atoms with van der Waals surface area (Å²) in [6.07, 6.45) is 0. The topological polar surface area (TPSA) is 57.1 Å². The minimum atomic E-state index is 0.537. The van der Waals surface area contributed by atoms with Crippen molar-refractivity contribution in [1.82, 2.24) is 20.2 Å². The number of aromatic nitrogens is 2. The zero-order valence-electron chi connectivity index (χ0n) is 13.5. The lowest BCUT2D eigenvalue weighted by molar-refractivity contribution is 0.747. The summed E-state index contributed by atoms with van der Waals surface area (Å²) in [5.41, 5.74) is 3.22. The van der Waals surface area contributed by atoms with Crippen LogP contribution in [0.3, 0.4) is 0 Å². The number of hydrogen-bond acceptors (Lipinski definition) is 1. The third-order valence-corrected chi connectivity index (χ3v) is 4.75. The molecule has 3 aromatic rings. The van der Waals surface area contributed by atoms with Crippen molar-refractivity contribution in [3.63, 3.8) is 0 Å². The van der Waals surface area contributed by atoms with Crippen molar-refractivity contribution in [1.29, 1.82) is 0 Å². The van der Waals surface area contributed by atoms with E-state index >= 15 is 0 Å². The van der Waals surface area contributed by atoms with Crippen molar-refractivity contribution >= 4 is 40.1 Å². The van der Waals surface area contributed by atoms with Gasteiger partial charge in [-0.15, -0.1) is 0 Å². The van der Waals surface area contributed by atoms with Crippen LogP contribution in [0.4, 0.5) is 0 Å². The zero-order chi connectivity index (χ0) is 17.1. The van der Waals surface area contributed by atoms with Gasteiger partial charge in [0.15, 0.2) is 5.96 Å². The van der Waals surface area contributed by atoms with Crippen LogP contribution in [0.1, 0.15) is 11.4 Å². The summed E-state index contributed by atoms with van der Waals surface area (Å²) in [6.45, 7) is 1.23. The van der Waals surface area contributed by atoms with E-state index in [1.807, 2.05) is 29.8 Å². The van der Waals surface area contributed by atoms with Crippen LogP contribution in [0.25, 0.3) is 10.9 Å². The molecular weight excluding hydrogens is 345 g/mol. The first kappa shape index (κ1) is 16.7. The highest BCUT2D eigenvalue weighted by molar-refractivity contribution is 6.41. The molecular formula is C17H19Cl2N5. The van der Waals surface area contributed by atoms with Gasteiger partial charge in [-0.05, 0) is 23.6 Å². The third kappa shape index (κ3) is 3.52. The highest BCUT2D eigenvalue weighted by atomic mass is 35.5. The van der Waals surface area contributed by atoms with Gasteiger partial charge >= 0.3 is 0 Å². The van der Waals surface area contributed by atoms with Crippen molar-refractivity contribution in [2.24, 2.45) is 12.0 Å². The average Bonchev–Trinajstić information content (AvgIpc) is 3.11. The maximum Gasteiger partial charge on any atom is 0.191 e. The number of halogens is 2. The molecule has 3 N–H and O–H groups in total. The molecule has 0 radical (unpaired) electrons. The molecule has 126 valence electrons. The number of rotatable bonds is 4. The quantitative estimate of drug-likeness (QED) is 0.489. The van der Waals surface area contributed by atoms with E-state index in [0.29, 0.717) is 29.2 Å². The first-order valence-electron chi connectivity index (χ1n) is 7.59. The molecule has 0 aliphatic carbocycles. The molecule has 1 aromatic carbocycles. The van der Waals surface area contributed by atoms with Crippen molar-refractivity contribution < 1.29 is 0 Å². The Hall–Kier alpha value is -2.11. The van der Waals surface area contributed by atoms with Crippen LogP contribution in [-0.2, 0) is 20.1 Å². The zero-order valence-corrected chi connectivity index (χ0v) is 15.0. The Kier molecular flexibility index (Phi) is 5.02. The van der Waals surface area contributed by atoms with Crippen LogP contribution in [0.15, 0.2) is 41.4 Å². The minimum absolute atomic E-state index is 0.537. The molecule has 0 fully saturated rings. The molecule has 0 aliphatic rings. The first-order valence-corrected chi connectivity index (χ1v) is 8.35. The second-order valence-electron chi connectivity index (χ2n) is 5.49. The molecule has 5 nitrogen and oxygen atoms in total. The van der Waals surface area contributed by atoms with Gasteiger partial charge in [0, 0.05) is 31.0 Å². The largest absolute Gasteiger partial charge is 0.357 e. The van der Waals surface area contributed by atoms with E-state index in [1.165, 1.54) is 5.39 Å². The second-order valence-corrected chi connectivity index (χ2v) is 6.26. The fourth-order valence-electron chi connectivity index (χ4n) is 2.56. The van der Waals surface area contributed by atoms with Crippen LogP contribution >= 0.6 is 23.2 Å². The molecule has 2 aromatic heterocycles. The van der Waals surface area contributed by atoms with E-state index in [-0.39, 0.29) is 0 Å².